The van der Waals surface area contributed by atoms with Crippen LogP contribution >= 0.6 is 0 Å². The molecule has 84 valence electrons. The van der Waals surface area contributed by atoms with E-state index in [1.54, 1.807) is 0 Å². The van der Waals surface area contributed by atoms with Crippen LogP contribution in [0.5, 0.6) is 0 Å². The number of hydrogen-bond donors (Lipinski definition) is 4. The van der Waals surface area contributed by atoms with Crippen LogP contribution in [-0.2, 0) is 0 Å². The number of hydrogen-bond acceptors (Lipinski definition) is 4. The first-order valence-corrected chi connectivity index (χ1v) is 7.17. The molecule has 0 bridgehead atoms. The van der Waals surface area contributed by atoms with E-state index >= 15 is 0 Å². The molecular weight excluding hydrogens is 210 g/mol. The Labute approximate surface area is 88.5 Å². The summed E-state index contributed by atoms with van der Waals surface area (Å²) in [5, 5.41) is 0. The first-order chi connectivity index (χ1) is 3.91. The molecule has 0 aliphatic rings. The Morgan fingerprint density at radius 2 is 1.00 bits per heavy atom. The van der Waals surface area contributed by atoms with Gasteiger partial charge in [-0.3, -0.25) is 0 Å². The summed E-state index contributed by atoms with van der Waals surface area (Å²) in [5.41, 5.74) is 11.3. The van der Waals surface area contributed by atoms with Crippen LogP contribution < -0.4 is 21.6 Å². The molecule has 0 atom stereocenters. The van der Waals surface area contributed by atoms with Crippen LogP contribution in [0.1, 0.15) is 22.3 Å². The van der Waals surface area contributed by atoms with E-state index in [1.807, 2.05) is 7.05 Å². The first kappa shape index (κ1) is 54.8. The molecule has 0 spiro atoms. The van der Waals surface area contributed by atoms with Gasteiger partial charge < -0.3 is 17.6 Å². The quantitative estimate of drug-likeness (QED) is 0.512. The number of nitrogens with one attached hydrogen (secondary N) is 1. The van der Waals surface area contributed by atoms with Gasteiger partial charge in [0.1, 0.15) is 0 Å². The molecule has 0 aliphatic heterocycles. The zero-order valence-corrected chi connectivity index (χ0v) is 10.0. The predicted octanol–water partition coefficient (Wildman–Crippen LogP) is 0.826. The Morgan fingerprint density at radius 1 is 0.917 bits per heavy atom. The summed E-state index contributed by atoms with van der Waals surface area (Å²) in [5.74, 6) is 0. The van der Waals surface area contributed by atoms with Crippen LogP contribution in [0, 0.1) is 0 Å². The zero-order valence-electron chi connectivity index (χ0n) is 7.07. The summed E-state index contributed by atoms with van der Waals surface area (Å²) in [6, 6.07) is 0. The molecule has 0 fully saturated rings. The maximum atomic E-state index is 4.50. The minimum Gasteiger partial charge on any atom is -0.344 e. The summed E-state index contributed by atoms with van der Waals surface area (Å²) in [7, 11) is 5.01. The van der Waals surface area contributed by atoms with E-state index in [4.69, 9.17) is 0 Å². The Morgan fingerprint density at radius 3 is 1.00 bits per heavy atom. The second-order valence-electron chi connectivity index (χ2n) is 0.707. The molecule has 0 amide bonds. The molecule has 0 saturated carbocycles. The smallest absolute Gasteiger partial charge is 0.344 e. The normalized spacial score (nSPS) is 3.17. The SMILES string of the molecule is C.C.C.CN.CN.C[NH][GaH][CH3].N. The summed E-state index contributed by atoms with van der Waals surface area (Å²) < 4.78 is 3.12. The summed E-state index contributed by atoms with van der Waals surface area (Å²) in [6.07, 6.45) is 0. The molecule has 12 heavy (non-hydrogen) atoms. The largest absolute Gasteiger partial charge is 0.344 e. The standard InChI is InChI=1S/2CH5N.CH4N.3CH4.CH3.Ga.H3N.H/c3*1-2;;;;;;;/h2*2H2,1H3;2H,1H3;3*1H4;1H3;;1H3;/q;;-1;;;;;+1;;. The molecule has 0 aromatic rings. The van der Waals surface area contributed by atoms with E-state index in [9.17, 15) is 0 Å². The van der Waals surface area contributed by atoms with Crippen molar-refractivity contribution in [1.82, 2.24) is 10.2 Å². The fourth-order valence-electron chi connectivity index (χ4n) is 0. The van der Waals surface area contributed by atoms with Crippen molar-refractivity contribution in [1.29, 1.82) is 0 Å². The molecule has 8 N–H and O–H groups in total. The summed E-state index contributed by atoms with van der Waals surface area (Å²) in [4.78, 5) is 0. The van der Waals surface area contributed by atoms with Gasteiger partial charge in [0.05, 0.1) is 0 Å². The van der Waals surface area contributed by atoms with Gasteiger partial charge in [0.25, 0.3) is 0 Å². The monoisotopic (exact) mass is 242 g/mol. The van der Waals surface area contributed by atoms with Crippen LogP contribution in [0.3, 0.4) is 0 Å². The van der Waals surface area contributed by atoms with Crippen molar-refractivity contribution in [2.24, 2.45) is 11.5 Å². The molecule has 0 saturated heterocycles. The maximum Gasteiger partial charge on any atom is -0.344 e. The molecule has 4 nitrogen and oxygen atoms in total. The molecule has 0 aromatic heterocycles. The third-order valence-corrected chi connectivity index (χ3v) is 1.84. The van der Waals surface area contributed by atoms with Crippen molar-refractivity contribution in [3.05, 3.63) is 0 Å². The van der Waals surface area contributed by atoms with E-state index in [-0.39, 0.29) is 46.1 Å². The molecule has 0 radical (unpaired) electrons. The van der Waals surface area contributed by atoms with E-state index in [0.29, 0.717) is 0 Å². The third-order valence-electron chi connectivity index (χ3n) is 0.354. The van der Waals surface area contributed by atoms with Crippen molar-refractivity contribution in [2.45, 2.75) is 27.8 Å². The molecule has 0 rings (SSSR count). The number of rotatable bonds is 1. The van der Waals surface area contributed by atoms with Gasteiger partial charge in [0, 0.05) is 0 Å². The molecule has 0 aliphatic carbocycles. The van der Waals surface area contributed by atoms with Gasteiger partial charge in [0.2, 0.25) is 0 Å². The summed E-state index contributed by atoms with van der Waals surface area (Å²) in [6.45, 7) is 0. The molecule has 5 heteroatoms. The molecule has 0 aromatic carbocycles. The fraction of sp³-hybridized carbons (Fsp3) is 1.00. The Hall–Kier alpha value is 0.476. The van der Waals surface area contributed by atoms with Gasteiger partial charge in [-0.15, -0.1) is 0 Å². The molecule has 0 heterocycles. The van der Waals surface area contributed by atoms with E-state index < -0.39 is 0 Å². The van der Waals surface area contributed by atoms with Crippen molar-refractivity contribution < 1.29 is 0 Å². The summed E-state index contributed by atoms with van der Waals surface area (Å²) >= 11 is -0.139. The van der Waals surface area contributed by atoms with Gasteiger partial charge in [-0.25, -0.2) is 0 Å². The average molecular weight is 243 g/mol. The first-order valence-electron chi connectivity index (χ1n) is 2.72. The van der Waals surface area contributed by atoms with Gasteiger partial charge in [-0.1, -0.05) is 22.3 Å². The topological polar surface area (TPSA) is 99.1 Å². The zero-order chi connectivity index (χ0) is 7.41. The number of nitrogens with two attached hydrogens (primary N) is 2. The average Bonchev–Trinajstić information content (AvgIpc) is 1.96. The van der Waals surface area contributed by atoms with Crippen molar-refractivity contribution >= 4 is 17.6 Å². The maximum absolute atomic E-state index is 4.50. The van der Waals surface area contributed by atoms with Crippen LogP contribution in [0.15, 0.2) is 0 Å². The van der Waals surface area contributed by atoms with Crippen molar-refractivity contribution in [3.63, 3.8) is 0 Å². The second-order valence-corrected chi connectivity index (χ2v) is 3.67. The van der Waals surface area contributed by atoms with Gasteiger partial charge in [-0.05, 0) is 14.1 Å². The van der Waals surface area contributed by atoms with Crippen LogP contribution in [0.4, 0.5) is 0 Å². The minimum atomic E-state index is -0.139. The Balaban J connectivity index is -0.00000000575. The second kappa shape index (κ2) is 205. The Bertz CT molecular complexity index is 17.4. The van der Waals surface area contributed by atoms with Crippen LogP contribution in [-0.4, -0.2) is 38.8 Å². The third kappa shape index (κ3) is 432. The molecular formula is C7H33GaN4. The van der Waals surface area contributed by atoms with Gasteiger partial charge >= 0.3 is 34.2 Å². The fourth-order valence-corrected chi connectivity index (χ4v) is 0. The predicted molar refractivity (Wildman–Crippen MR) is 67.5 cm³/mol. The minimum absolute atomic E-state index is 0. The van der Waals surface area contributed by atoms with Crippen LogP contribution in [0.25, 0.3) is 0 Å². The van der Waals surface area contributed by atoms with E-state index in [1.165, 1.54) is 14.1 Å². The van der Waals surface area contributed by atoms with E-state index in [0.717, 1.165) is 0 Å². The van der Waals surface area contributed by atoms with Crippen molar-refractivity contribution in [3.8, 4) is 0 Å². The van der Waals surface area contributed by atoms with Crippen molar-refractivity contribution in [2.75, 3.05) is 21.1 Å². The molecule has 0 unspecified atom stereocenters. The Kier molecular flexibility index (Phi) is 938. The van der Waals surface area contributed by atoms with Gasteiger partial charge in [-0.2, -0.15) is 0 Å². The van der Waals surface area contributed by atoms with E-state index in [2.05, 4.69) is 21.0 Å². The van der Waals surface area contributed by atoms with Gasteiger partial charge in [0.15, 0.2) is 0 Å². The van der Waals surface area contributed by atoms with Crippen LogP contribution in [0.2, 0.25) is 5.48 Å².